The van der Waals surface area contributed by atoms with Crippen LogP contribution in [0.15, 0.2) is 36.4 Å². The van der Waals surface area contributed by atoms with E-state index in [4.69, 9.17) is 15.9 Å². The first-order chi connectivity index (χ1) is 16.6. The van der Waals surface area contributed by atoms with Crippen LogP contribution in [0.4, 0.5) is 0 Å². The Hall–Kier alpha value is -4.45. The molecule has 0 aliphatic carbocycles. The Morgan fingerprint density at radius 3 is 2.09 bits per heavy atom. The van der Waals surface area contributed by atoms with Crippen LogP contribution in [0, 0.1) is 48.1 Å². The lowest BCUT2D eigenvalue weighted by molar-refractivity contribution is 0.103. The van der Waals surface area contributed by atoms with E-state index in [2.05, 4.69) is 48.6 Å². The molecule has 0 heterocycles. The highest BCUT2D eigenvalue weighted by Crippen LogP contribution is 2.30. The van der Waals surface area contributed by atoms with E-state index in [1.54, 1.807) is 6.07 Å². The van der Waals surface area contributed by atoms with Crippen molar-refractivity contribution in [1.29, 1.82) is 0 Å². The van der Waals surface area contributed by atoms with Crippen molar-refractivity contribution in [3.05, 3.63) is 47.5 Å². The van der Waals surface area contributed by atoms with Gasteiger partial charge in [0.15, 0.2) is 5.78 Å². The molecule has 2 rings (SSSR count). The summed E-state index contributed by atoms with van der Waals surface area (Å²) in [6.07, 6.45) is 14.2. The molecular weight excluding hydrogens is 428 g/mol. The Morgan fingerprint density at radius 1 is 0.824 bits per heavy atom. The van der Waals surface area contributed by atoms with Crippen molar-refractivity contribution in [3.63, 3.8) is 0 Å². The summed E-state index contributed by atoms with van der Waals surface area (Å²) in [6.45, 7) is 2.73. The van der Waals surface area contributed by atoms with Gasteiger partial charge in [-0.05, 0) is 48.4 Å². The molecule has 5 nitrogen and oxygen atoms in total. The molecule has 2 aromatic rings. The third-order valence-corrected chi connectivity index (χ3v) is 4.74. The topological polar surface area (TPSA) is 76.0 Å². The largest absolute Gasteiger partial charge is 0.507 e. The number of phenolic OH excluding ortho intramolecular Hbond substituents is 2. The van der Waals surface area contributed by atoms with Gasteiger partial charge in [0.05, 0.1) is 17.7 Å². The van der Waals surface area contributed by atoms with Crippen LogP contribution < -0.4 is 9.47 Å². The highest BCUT2D eigenvalue weighted by Gasteiger charge is 2.18. The van der Waals surface area contributed by atoms with Gasteiger partial charge in [-0.1, -0.05) is 39.0 Å². The summed E-state index contributed by atoms with van der Waals surface area (Å²) in [5, 5.41) is 20.6. The van der Waals surface area contributed by atoms with Gasteiger partial charge in [-0.15, -0.1) is 6.42 Å². The fraction of sp³-hybridized carbons (Fsp3) is 0.276. The van der Waals surface area contributed by atoms with E-state index in [1.165, 1.54) is 56.0 Å². The second-order valence-electron chi connectivity index (χ2n) is 7.28. The van der Waals surface area contributed by atoms with Gasteiger partial charge in [0.25, 0.3) is 0 Å². The predicted octanol–water partition coefficient (Wildman–Crippen LogP) is 5.05. The molecule has 2 N–H and O–H groups in total. The van der Waals surface area contributed by atoms with Crippen LogP contribution in [0.5, 0.6) is 23.0 Å². The Labute approximate surface area is 201 Å². The van der Waals surface area contributed by atoms with Crippen molar-refractivity contribution >= 4 is 5.78 Å². The molecular formula is C29H26O5. The van der Waals surface area contributed by atoms with Crippen molar-refractivity contribution in [2.24, 2.45) is 0 Å². The molecule has 0 saturated carbocycles. The third kappa shape index (κ3) is 8.59. The summed E-state index contributed by atoms with van der Waals surface area (Å²) < 4.78 is 10.8. The van der Waals surface area contributed by atoms with Crippen LogP contribution in [-0.4, -0.2) is 22.6 Å². The number of carbonyl (C=O) groups excluding carboxylic acids is 1. The number of hydrogen-bond acceptors (Lipinski definition) is 5. The molecule has 0 amide bonds. The standard InChI is InChI=1S/C29H26O5/c1-3-5-7-9-11-13-19-33-23-15-17-25(27(30)21-23)29(32)26-18-16-24(22-28(26)31)34-20-14-12-10-8-6-4-2/h1,15-18,21-22,30-31H,4,6,8,10,12,14,20H2,2H3. The lowest BCUT2D eigenvalue weighted by Gasteiger charge is -2.10. The van der Waals surface area contributed by atoms with Crippen molar-refractivity contribution in [2.75, 3.05) is 6.61 Å². The summed E-state index contributed by atoms with van der Waals surface area (Å²) in [5.41, 5.74) is 0.0692. The molecule has 0 aliphatic heterocycles. The average Bonchev–Trinajstić information content (AvgIpc) is 2.83. The number of ether oxygens (including phenoxy) is 2. The number of rotatable bonds is 11. The molecule has 0 aromatic heterocycles. The Bertz CT molecular complexity index is 1220. The van der Waals surface area contributed by atoms with Gasteiger partial charge < -0.3 is 19.7 Å². The van der Waals surface area contributed by atoms with E-state index in [1.807, 2.05) is 0 Å². The maximum atomic E-state index is 12.8. The van der Waals surface area contributed by atoms with Crippen molar-refractivity contribution in [1.82, 2.24) is 0 Å². The van der Waals surface area contributed by atoms with Crippen LogP contribution in [0.2, 0.25) is 0 Å². The molecule has 0 unspecified atom stereocenters. The van der Waals surface area contributed by atoms with Crippen LogP contribution in [0.3, 0.4) is 0 Å². The second-order valence-corrected chi connectivity index (χ2v) is 7.28. The lowest BCUT2D eigenvalue weighted by Crippen LogP contribution is -2.03. The highest BCUT2D eigenvalue weighted by atomic mass is 16.5. The summed E-state index contributed by atoms with van der Waals surface area (Å²) >= 11 is 0. The molecule has 172 valence electrons. The van der Waals surface area contributed by atoms with Gasteiger partial charge in [-0.2, -0.15) is 0 Å². The minimum absolute atomic E-state index is 0.0145. The normalized spacial score (nSPS) is 9.18. The summed E-state index contributed by atoms with van der Waals surface area (Å²) in [7, 11) is 0. The molecule has 0 bridgehead atoms. The third-order valence-electron chi connectivity index (χ3n) is 4.74. The Morgan fingerprint density at radius 2 is 1.41 bits per heavy atom. The fourth-order valence-corrected chi connectivity index (χ4v) is 3.02. The molecule has 0 spiro atoms. The van der Waals surface area contributed by atoms with E-state index in [-0.39, 0.29) is 28.4 Å². The molecule has 5 heteroatoms. The average molecular weight is 455 g/mol. The van der Waals surface area contributed by atoms with E-state index in [9.17, 15) is 15.0 Å². The van der Waals surface area contributed by atoms with Crippen LogP contribution in [0.25, 0.3) is 0 Å². The minimum Gasteiger partial charge on any atom is -0.507 e. The van der Waals surface area contributed by atoms with Crippen molar-refractivity contribution in [2.45, 2.75) is 45.4 Å². The number of phenols is 2. The van der Waals surface area contributed by atoms with Gasteiger partial charge in [0.2, 0.25) is 0 Å². The highest BCUT2D eigenvalue weighted by molar-refractivity contribution is 6.12. The summed E-state index contributed by atoms with van der Waals surface area (Å²) in [6, 6.07) is 8.63. The van der Waals surface area contributed by atoms with E-state index in [0.717, 1.165) is 12.8 Å². The second kappa shape index (κ2) is 14.6. The molecule has 0 radical (unpaired) electrons. The number of ketones is 1. The fourth-order valence-electron chi connectivity index (χ4n) is 3.02. The zero-order valence-corrected chi connectivity index (χ0v) is 19.1. The molecule has 34 heavy (non-hydrogen) atoms. The number of benzene rings is 2. The first-order valence-corrected chi connectivity index (χ1v) is 11.0. The zero-order valence-electron chi connectivity index (χ0n) is 19.1. The van der Waals surface area contributed by atoms with E-state index >= 15 is 0 Å². The summed E-state index contributed by atoms with van der Waals surface area (Å²) in [4.78, 5) is 12.8. The molecule has 2 aromatic carbocycles. The first kappa shape index (κ1) is 25.8. The summed E-state index contributed by atoms with van der Waals surface area (Å²) in [5.74, 6) is 13.8. The number of unbranched alkanes of at least 4 members (excludes halogenated alkanes) is 5. The minimum atomic E-state index is -0.534. The van der Waals surface area contributed by atoms with Crippen LogP contribution in [-0.2, 0) is 0 Å². The number of carbonyl (C=O) groups is 1. The van der Waals surface area contributed by atoms with Gasteiger partial charge in [0, 0.05) is 29.9 Å². The lowest BCUT2D eigenvalue weighted by atomic mass is 10.0. The molecule has 0 fully saturated rings. The van der Waals surface area contributed by atoms with Gasteiger partial charge >= 0.3 is 0 Å². The van der Waals surface area contributed by atoms with Gasteiger partial charge in [-0.25, -0.2) is 0 Å². The van der Waals surface area contributed by atoms with Gasteiger partial charge in [-0.3, -0.25) is 4.79 Å². The van der Waals surface area contributed by atoms with Gasteiger partial charge in [0.1, 0.15) is 29.1 Å². The van der Waals surface area contributed by atoms with Crippen LogP contribution >= 0.6 is 0 Å². The maximum Gasteiger partial charge on any atom is 0.200 e. The van der Waals surface area contributed by atoms with E-state index < -0.39 is 5.78 Å². The van der Waals surface area contributed by atoms with Crippen LogP contribution in [0.1, 0.15) is 61.4 Å². The SMILES string of the molecule is C#CC#CC#CC#COc1ccc(C(=O)c2ccc(OCCCCCCCC)cc2O)c(O)c1. The Kier molecular flexibility index (Phi) is 11.1. The smallest absolute Gasteiger partial charge is 0.200 e. The molecule has 0 atom stereocenters. The quantitative estimate of drug-likeness (QED) is 0.282. The van der Waals surface area contributed by atoms with E-state index in [0.29, 0.717) is 12.4 Å². The zero-order chi connectivity index (χ0) is 24.6. The number of hydrogen-bond donors (Lipinski definition) is 2. The monoisotopic (exact) mass is 454 g/mol. The number of terminal acetylenes is 1. The predicted molar refractivity (Wildman–Crippen MR) is 131 cm³/mol. The molecule has 0 saturated heterocycles. The van der Waals surface area contributed by atoms with Crippen molar-refractivity contribution in [3.8, 4) is 71.1 Å². The maximum absolute atomic E-state index is 12.8. The molecule has 0 aliphatic rings. The first-order valence-electron chi connectivity index (χ1n) is 11.0. The Balaban J connectivity index is 1.96. The van der Waals surface area contributed by atoms with Crippen molar-refractivity contribution < 1.29 is 24.5 Å². The number of aromatic hydroxyl groups is 2.